The third kappa shape index (κ3) is 3.49. The Kier molecular flexibility index (Phi) is 4.98. The van der Waals surface area contributed by atoms with Crippen LogP contribution in [0, 0.1) is 16.2 Å². The molecule has 1 saturated heterocycles. The second kappa shape index (κ2) is 6.61. The molecule has 7 nitrogen and oxygen atoms in total. The van der Waals surface area contributed by atoms with E-state index in [0.717, 1.165) is 24.2 Å². The van der Waals surface area contributed by atoms with Crippen molar-refractivity contribution in [2.45, 2.75) is 6.92 Å². The Balaban J connectivity index is 0.000000433. The Labute approximate surface area is 145 Å². The van der Waals surface area contributed by atoms with Crippen LogP contribution in [0.4, 0.5) is 0 Å². The molecule has 23 heavy (non-hydrogen) atoms. The highest BCUT2D eigenvalue weighted by atomic mass is 35.5. The quantitative estimate of drug-likeness (QED) is 0.417. The van der Waals surface area contributed by atoms with Crippen molar-refractivity contribution in [3.05, 3.63) is 38.2 Å². The van der Waals surface area contributed by atoms with Crippen molar-refractivity contribution in [2.75, 3.05) is 0 Å². The van der Waals surface area contributed by atoms with Gasteiger partial charge in [-0.05, 0) is 17.8 Å². The van der Waals surface area contributed by atoms with E-state index in [1.165, 1.54) is 0 Å². The highest BCUT2D eigenvalue weighted by molar-refractivity contribution is 8.18. The third-order valence-electron chi connectivity index (χ3n) is 2.76. The van der Waals surface area contributed by atoms with Gasteiger partial charge in [0.2, 0.25) is 0 Å². The second-order valence-corrected chi connectivity index (χ2v) is 6.24. The van der Waals surface area contributed by atoms with Crippen molar-refractivity contribution in [1.82, 2.24) is 10.6 Å². The first kappa shape index (κ1) is 17.3. The largest absolute Gasteiger partial charge is 0.481 e. The Morgan fingerprint density at radius 3 is 2.30 bits per heavy atom. The number of amidine groups is 3. The third-order valence-corrected chi connectivity index (χ3v) is 4.48. The summed E-state index contributed by atoms with van der Waals surface area (Å²) in [6.45, 7) is 1.08. The zero-order valence-electron chi connectivity index (χ0n) is 11.7. The summed E-state index contributed by atoms with van der Waals surface area (Å²) in [4.78, 5) is 9.58. The van der Waals surface area contributed by atoms with Crippen molar-refractivity contribution >= 4 is 63.5 Å². The molecule has 1 aromatic carbocycles. The summed E-state index contributed by atoms with van der Waals surface area (Å²) in [7, 11) is 0. The number of carbonyl (C=O) groups is 1. The molecule has 2 aliphatic heterocycles. The molecule has 10 heteroatoms. The van der Waals surface area contributed by atoms with Crippen molar-refractivity contribution in [3.63, 3.8) is 0 Å². The molecule has 0 unspecified atom stereocenters. The first-order valence-corrected chi connectivity index (χ1v) is 7.70. The van der Waals surface area contributed by atoms with E-state index in [1.54, 1.807) is 12.1 Å². The number of hydrogen-bond acceptors (Lipinski definition) is 5. The van der Waals surface area contributed by atoms with Crippen LogP contribution in [-0.2, 0) is 4.79 Å². The summed E-state index contributed by atoms with van der Waals surface area (Å²) < 4.78 is 0. The molecule has 0 atom stereocenters. The van der Waals surface area contributed by atoms with Gasteiger partial charge in [-0.15, -0.1) is 0 Å². The Morgan fingerprint density at radius 1 is 1.17 bits per heavy atom. The van der Waals surface area contributed by atoms with Crippen LogP contribution in [0.15, 0.2) is 17.0 Å². The standard InChI is InChI=1S/C11H7Cl2N5S.C2H4O2/c12-4-2-1-3-5(6(4)13)9(14)17-7(3)8-10(15)18-11(16)19-8;1-2(3)4/h1-2H,(H2,14,17)(H3,15,16,18);1H3,(H,3,4)/b8-7+;. The molecule has 1 aromatic rings. The summed E-state index contributed by atoms with van der Waals surface area (Å²) in [5, 5.41) is 37.1. The van der Waals surface area contributed by atoms with E-state index in [4.69, 9.17) is 49.3 Å². The molecule has 3 rings (SSSR count). The summed E-state index contributed by atoms with van der Waals surface area (Å²) in [6.07, 6.45) is 0. The van der Waals surface area contributed by atoms with Crippen LogP contribution < -0.4 is 10.6 Å². The zero-order chi connectivity index (χ0) is 17.3. The molecule has 2 heterocycles. The highest BCUT2D eigenvalue weighted by Crippen LogP contribution is 2.39. The van der Waals surface area contributed by atoms with Gasteiger partial charge in [0.05, 0.1) is 20.6 Å². The van der Waals surface area contributed by atoms with E-state index in [0.29, 0.717) is 26.2 Å². The van der Waals surface area contributed by atoms with Crippen molar-refractivity contribution in [3.8, 4) is 0 Å². The fourth-order valence-corrected chi connectivity index (χ4v) is 3.15. The van der Waals surface area contributed by atoms with Gasteiger partial charge in [-0.3, -0.25) is 21.0 Å². The maximum Gasteiger partial charge on any atom is 0.300 e. The number of benzene rings is 1. The Hall–Kier alpha value is -2.03. The van der Waals surface area contributed by atoms with Gasteiger partial charge < -0.3 is 15.7 Å². The molecule has 120 valence electrons. The molecule has 0 spiro atoms. The molecular weight excluding hydrogens is 361 g/mol. The lowest BCUT2D eigenvalue weighted by atomic mass is 10.1. The number of aliphatic carboxylic acids is 1. The number of carboxylic acid groups (broad SMARTS) is 1. The Morgan fingerprint density at radius 2 is 1.78 bits per heavy atom. The topological polar surface area (TPSA) is 133 Å². The van der Waals surface area contributed by atoms with E-state index >= 15 is 0 Å². The first-order chi connectivity index (χ1) is 10.7. The van der Waals surface area contributed by atoms with Crippen molar-refractivity contribution in [1.29, 1.82) is 16.2 Å². The van der Waals surface area contributed by atoms with Crippen LogP contribution in [0.3, 0.4) is 0 Å². The smallest absolute Gasteiger partial charge is 0.300 e. The van der Waals surface area contributed by atoms with E-state index in [9.17, 15) is 0 Å². The van der Waals surface area contributed by atoms with E-state index < -0.39 is 5.97 Å². The second-order valence-electron chi connectivity index (χ2n) is 4.44. The van der Waals surface area contributed by atoms with Crippen molar-refractivity contribution in [2.24, 2.45) is 0 Å². The molecule has 2 aliphatic rings. The van der Waals surface area contributed by atoms with Crippen LogP contribution in [-0.4, -0.2) is 27.9 Å². The van der Waals surface area contributed by atoms with Crippen molar-refractivity contribution < 1.29 is 9.90 Å². The minimum Gasteiger partial charge on any atom is -0.481 e. The van der Waals surface area contributed by atoms with Crippen LogP contribution in [0.1, 0.15) is 18.1 Å². The highest BCUT2D eigenvalue weighted by Gasteiger charge is 2.31. The molecule has 0 aliphatic carbocycles. The lowest BCUT2D eigenvalue weighted by Crippen LogP contribution is -2.20. The maximum absolute atomic E-state index is 9.00. The van der Waals surface area contributed by atoms with E-state index in [-0.39, 0.29) is 16.8 Å². The molecule has 0 aromatic heterocycles. The number of fused-ring (bicyclic) bond motifs is 1. The van der Waals surface area contributed by atoms with E-state index in [1.807, 2.05) is 0 Å². The molecule has 6 N–H and O–H groups in total. The van der Waals surface area contributed by atoms with Gasteiger partial charge >= 0.3 is 0 Å². The lowest BCUT2D eigenvalue weighted by molar-refractivity contribution is -0.134. The van der Waals surface area contributed by atoms with Crippen LogP contribution in [0.5, 0.6) is 0 Å². The molecule has 0 radical (unpaired) electrons. The number of nitrogens with one attached hydrogen (secondary N) is 5. The van der Waals surface area contributed by atoms with Gasteiger partial charge in [0.25, 0.3) is 5.97 Å². The average Bonchev–Trinajstić information content (AvgIpc) is 2.93. The number of rotatable bonds is 0. The fourth-order valence-electron chi connectivity index (χ4n) is 1.96. The molecule has 0 saturated carbocycles. The van der Waals surface area contributed by atoms with E-state index in [2.05, 4.69) is 10.6 Å². The Bertz CT molecular complexity index is 787. The van der Waals surface area contributed by atoms with Gasteiger partial charge in [0, 0.05) is 18.1 Å². The minimum absolute atomic E-state index is 0.143. The average molecular weight is 372 g/mol. The molecule has 1 fully saturated rings. The first-order valence-electron chi connectivity index (χ1n) is 6.12. The van der Waals surface area contributed by atoms with Crippen LogP contribution in [0.2, 0.25) is 10.0 Å². The van der Waals surface area contributed by atoms with Gasteiger partial charge in [0.15, 0.2) is 5.17 Å². The number of hydrogen-bond donors (Lipinski definition) is 6. The number of carboxylic acids is 1. The van der Waals surface area contributed by atoms with Crippen LogP contribution >= 0.6 is 35.0 Å². The molecular formula is C13H11Cl2N5O2S. The number of thioether (sulfide) groups is 1. The predicted octanol–water partition coefficient (Wildman–Crippen LogP) is 2.93. The monoisotopic (exact) mass is 371 g/mol. The fraction of sp³-hybridized carbons (Fsp3) is 0.0769. The molecule has 0 amide bonds. The lowest BCUT2D eigenvalue weighted by Gasteiger charge is -2.04. The summed E-state index contributed by atoms with van der Waals surface area (Å²) in [6, 6.07) is 3.42. The predicted molar refractivity (Wildman–Crippen MR) is 92.8 cm³/mol. The summed E-state index contributed by atoms with van der Waals surface area (Å²) in [5.41, 5.74) is 1.87. The maximum atomic E-state index is 9.00. The normalized spacial score (nSPS) is 18.8. The van der Waals surface area contributed by atoms with Gasteiger partial charge in [-0.2, -0.15) is 0 Å². The zero-order valence-corrected chi connectivity index (χ0v) is 14.0. The summed E-state index contributed by atoms with van der Waals surface area (Å²) in [5.74, 6) is -0.541. The minimum atomic E-state index is -0.833. The van der Waals surface area contributed by atoms with Crippen LogP contribution in [0.25, 0.3) is 5.70 Å². The van der Waals surface area contributed by atoms with Gasteiger partial charge in [-0.1, -0.05) is 29.3 Å². The molecule has 0 bridgehead atoms. The van der Waals surface area contributed by atoms with Gasteiger partial charge in [-0.25, -0.2) is 0 Å². The SMILES string of the molecule is CC(=O)O.N=C1NC(=N)/C(=C2\NC(=N)c3c2ccc(Cl)c3Cl)S1. The summed E-state index contributed by atoms with van der Waals surface area (Å²) >= 11 is 13.2. The van der Waals surface area contributed by atoms with Gasteiger partial charge in [0.1, 0.15) is 11.7 Å². The number of halogens is 2.